The highest BCUT2D eigenvalue weighted by Crippen LogP contribution is 2.18. The van der Waals surface area contributed by atoms with Gasteiger partial charge in [0.15, 0.2) is 0 Å². The second-order valence-electron chi connectivity index (χ2n) is 7.76. The molecule has 0 saturated heterocycles. The fraction of sp³-hybridized carbons (Fsp3) is 1.00. The van der Waals surface area contributed by atoms with Crippen molar-refractivity contribution in [1.82, 2.24) is 0 Å². The summed E-state index contributed by atoms with van der Waals surface area (Å²) in [7, 11) is 1.26. The van der Waals surface area contributed by atoms with E-state index in [2.05, 4.69) is 13.8 Å². The van der Waals surface area contributed by atoms with Crippen LogP contribution in [-0.2, 0) is 0 Å². The third-order valence-electron chi connectivity index (χ3n) is 5.16. The van der Waals surface area contributed by atoms with E-state index in [1.165, 1.54) is 143 Å². The van der Waals surface area contributed by atoms with E-state index in [1.54, 1.807) is 0 Å². The molecule has 0 aliphatic carbocycles. The fourth-order valence-corrected chi connectivity index (χ4v) is 4.67. The summed E-state index contributed by atoms with van der Waals surface area (Å²) in [6.45, 7) is 4.60. The van der Waals surface area contributed by atoms with Crippen molar-refractivity contribution in [2.45, 2.75) is 136 Å². The summed E-state index contributed by atoms with van der Waals surface area (Å²) in [5, 5.41) is 0. The van der Waals surface area contributed by atoms with E-state index in [0.717, 1.165) is 0 Å². The van der Waals surface area contributed by atoms with Crippen molar-refractivity contribution in [1.29, 1.82) is 0 Å². The molecule has 0 rings (SSSR count). The van der Waals surface area contributed by atoms with Crippen LogP contribution in [0.1, 0.15) is 136 Å². The van der Waals surface area contributed by atoms with Gasteiger partial charge < -0.3 is 0 Å². The zero-order valence-electron chi connectivity index (χ0n) is 17.3. The Morgan fingerprint density at radius 2 is 0.583 bits per heavy atom. The maximum atomic E-state index is 2.30. The molecule has 0 aliphatic heterocycles. The standard InChI is InChI=1S/C23H49P/c1-3-5-7-9-11-13-15-17-19-21-23-24-22-20-18-16-14-12-10-8-6-4-2/h24H,3-23H2,1-2H3. The average Bonchev–Trinajstić information content (AvgIpc) is 2.60. The van der Waals surface area contributed by atoms with Gasteiger partial charge in [0.1, 0.15) is 0 Å². The van der Waals surface area contributed by atoms with Crippen LogP contribution in [0.15, 0.2) is 0 Å². The molecule has 0 saturated carbocycles. The van der Waals surface area contributed by atoms with Gasteiger partial charge in [0.05, 0.1) is 0 Å². The molecule has 0 N–H and O–H groups in total. The molecule has 0 fully saturated rings. The molecule has 0 bridgehead atoms. The minimum absolute atomic E-state index is 1.26. The molecule has 0 radical (unpaired) electrons. The first kappa shape index (κ1) is 24.4. The van der Waals surface area contributed by atoms with Gasteiger partial charge in [-0.15, -0.1) is 8.58 Å². The molecule has 1 unspecified atom stereocenters. The van der Waals surface area contributed by atoms with Crippen molar-refractivity contribution >= 4 is 8.58 Å². The van der Waals surface area contributed by atoms with Crippen molar-refractivity contribution in [2.24, 2.45) is 0 Å². The molecule has 1 atom stereocenters. The van der Waals surface area contributed by atoms with Gasteiger partial charge in [-0.1, -0.05) is 123 Å². The van der Waals surface area contributed by atoms with Crippen LogP contribution < -0.4 is 0 Å². The van der Waals surface area contributed by atoms with Crippen molar-refractivity contribution in [3.8, 4) is 0 Å². The van der Waals surface area contributed by atoms with Gasteiger partial charge in [0, 0.05) is 0 Å². The quantitative estimate of drug-likeness (QED) is 0.142. The number of hydrogen-bond donors (Lipinski definition) is 0. The number of hydrogen-bond acceptors (Lipinski definition) is 0. The molecule has 0 spiro atoms. The minimum Gasteiger partial charge on any atom is -0.122 e. The molecule has 0 amide bonds. The van der Waals surface area contributed by atoms with Crippen LogP contribution in [0.3, 0.4) is 0 Å². The summed E-state index contributed by atoms with van der Waals surface area (Å²) in [6, 6.07) is 0. The Balaban J connectivity index is 2.93. The minimum atomic E-state index is 1.26. The van der Waals surface area contributed by atoms with Crippen LogP contribution in [0.25, 0.3) is 0 Å². The first-order valence-corrected chi connectivity index (χ1v) is 13.0. The second kappa shape index (κ2) is 23.4. The van der Waals surface area contributed by atoms with Crippen LogP contribution in [0, 0.1) is 0 Å². The van der Waals surface area contributed by atoms with Crippen molar-refractivity contribution < 1.29 is 0 Å². The summed E-state index contributed by atoms with van der Waals surface area (Å²) < 4.78 is 0. The lowest BCUT2D eigenvalue weighted by Crippen LogP contribution is -1.85. The van der Waals surface area contributed by atoms with E-state index >= 15 is 0 Å². The molecule has 0 aromatic carbocycles. The molecular formula is C23H49P. The van der Waals surface area contributed by atoms with Gasteiger partial charge in [0.2, 0.25) is 0 Å². The lowest BCUT2D eigenvalue weighted by atomic mass is 10.1. The third kappa shape index (κ3) is 22.4. The van der Waals surface area contributed by atoms with Gasteiger partial charge in [-0.2, -0.15) is 0 Å². The van der Waals surface area contributed by atoms with E-state index < -0.39 is 0 Å². The topological polar surface area (TPSA) is 0 Å². The molecule has 0 aromatic rings. The Labute approximate surface area is 157 Å². The highest BCUT2D eigenvalue weighted by molar-refractivity contribution is 7.37. The van der Waals surface area contributed by atoms with Crippen LogP contribution in [0.4, 0.5) is 0 Å². The first-order chi connectivity index (χ1) is 11.9. The maximum absolute atomic E-state index is 2.30. The van der Waals surface area contributed by atoms with Gasteiger partial charge in [-0.25, -0.2) is 0 Å². The highest BCUT2D eigenvalue weighted by atomic mass is 31.1. The predicted octanol–water partition coefficient (Wildman–Crippen LogP) is 9.12. The van der Waals surface area contributed by atoms with Gasteiger partial charge >= 0.3 is 0 Å². The molecule has 0 aliphatic rings. The van der Waals surface area contributed by atoms with Crippen molar-refractivity contribution in [3.63, 3.8) is 0 Å². The Morgan fingerprint density at radius 1 is 0.333 bits per heavy atom. The van der Waals surface area contributed by atoms with Crippen LogP contribution >= 0.6 is 8.58 Å². The fourth-order valence-electron chi connectivity index (χ4n) is 3.42. The zero-order chi connectivity index (χ0) is 17.6. The predicted molar refractivity (Wildman–Crippen MR) is 117 cm³/mol. The summed E-state index contributed by atoms with van der Waals surface area (Å²) in [6.07, 6.45) is 31.0. The van der Waals surface area contributed by atoms with Crippen LogP contribution in [0.5, 0.6) is 0 Å². The van der Waals surface area contributed by atoms with Crippen LogP contribution in [0.2, 0.25) is 0 Å². The molecule has 1 heteroatoms. The summed E-state index contributed by atoms with van der Waals surface area (Å²) in [4.78, 5) is 0. The molecule has 0 nitrogen and oxygen atoms in total. The van der Waals surface area contributed by atoms with E-state index in [1.807, 2.05) is 0 Å². The Bertz CT molecular complexity index is 180. The highest BCUT2D eigenvalue weighted by Gasteiger charge is 1.95. The summed E-state index contributed by atoms with van der Waals surface area (Å²) >= 11 is 0. The molecule has 146 valence electrons. The number of rotatable bonds is 21. The maximum Gasteiger partial charge on any atom is -0.0353 e. The molecular weight excluding hydrogens is 307 g/mol. The second-order valence-corrected chi connectivity index (χ2v) is 9.26. The molecule has 24 heavy (non-hydrogen) atoms. The van der Waals surface area contributed by atoms with E-state index in [-0.39, 0.29) is 0 Å². The van der Waals surface area contributed by atoms with Crippen molar-refractivity contribution in [3.05, 3.63) is 0 Å². The normalized spacial score (nSPS) is 11.8. The Kier molecular flexibility index (Phi) is 23.8. The van der Waals surface area contributed by atoms with Gasteiger partial charge in [0.25, 0.3) is 0 Å². The monoisotopic (exact) mass is 356 g/mol. The molecule has 0 heterocycles. The number of unbranched alkanes of at least 4 members (excludes halogenated alkanes) is 17. The Hall–Kier alpha value is 0.430. The lowest BCUT2D eigenvalue weighted by molar-refractivity contribution is 0.562. The van der Waals surface area contributed by atoms with Crippen LogP contribution in [-0.4, -0.2) is 12.3 Å². The summed E-state index contributed by atoms with van der Waals surface area (Å²) in [5.41, 5.74) is 0. The smallest absolute Gasteiger partial charge is 0.0353 e. The summed E-state index contributed by atoms with van der Waals surface area (Å²) in [5.74, 6) is 0. The molecule has 0 aromatic heterocycles. The van der Waals surface area contributed by atoms with E-state index in [9.17, 15) is 0 Å². The zero-order valence-corrected chi connectivity index (χ0v) is 18.3. The van der Waals surface area contributed by atoms with E-state index in [0.29, 0.717) is 0 Å². The Morgan fingerprint density at radius 3 is 0.875 bits per heavy atom. The first-order valence-electron chi connectivity index (χ1n) is 11.6. The van der Waals surface area contributed by atoms with Gasteiger partial charge in [-0.05, 0) is 25.2 Å². The third-order valence-corrected chi connectivity index (χ3v) is 6.58. The largest absolute Gasteiger partial charge is 0.122 e. The SMILES string of the molecule is CCCCCCCCCCCCPCCCCCCCCCCC. The van der Waals surface area contributed by atoms with Gasteiger partial charge in [-0.3, -0.25) is 0 Å². The lowest BCUT2D eigenvalue weighted by Gasteiger charge is -2.04. The van der Waals surface area contributed by atoms with E-state index in [4.69, 9.17) is 0 Å². The average molecular weight is 357 g/mol. The van der Waals surface area contributed by atoms with Crippen molar-refractivity contribution in [2.75, 3.05) is 12.3 Å².